The van der Waals surface area contributed by atoms with Gasteiger partial charge >= 0.3 is 0 Å². The van der Waals surface area contributed by atoms with Crippen molar-refractivity contribution in [1.82, 2.24) is 77.2 Å². The SMILES string of the molecule is C#CCN(C)Cc1nc2c(O)c(Cl)cc(Cl)c2c(=O)n1CC1CC1.CCN1CCN(Cc2nc3c(O)c(Cl)cc(Cl)c3c(=O)n2CC2CC2)CC1.O=c1c2c(Cl)cc(Cl)c(O)c2nc(CN2CCCC2)n1CC1CC1.O=c1c2c(Cl)cc(Cl)c(O)c2nc(CN2CCCCC2)n1CC1CC1.O=c1c2c(Cl)cc(Cl)c(O)c2nc(CN2CCOCC2)n1CC1CC1. The van der Waals surface area contributed by atoms with Gasteiger partial charge in [-0.3, -0.25) is 71.3 Å². The van der Waals surface area contributed by atoms with E-state index in [1.807, 2.05) is 11.9 Å². The molecule has 125 heavy (non-hydrogen) atoms. The fourth-order valence-corrected chi connectivity index (χ4v) is 19.1. The average Bonchev–Trinajstić information content (AvgIpc) is 1.67. The summed E-state index contributed by atoms with van der Waals surface area (Å²) in [6.45, 7) is 20.5. The normalized spacial score (nSPS) is 18.0. The minimum atomic E-state index is -0.257. The zero-order chi connectivity index (χ0) is 88.5. The zero-order valence-electron chi connectivity index (χ0n) is 69.5. The summed E-state index contributed by atoms with van der Waals surface area (Å²) in [6, 6.07) is 7.00. The molecule has 4 saturated heterocycles. The number of phenols is 5. The first-order valence-electron chi connectivity index (χ1n) is 42.9. The van der Waals surface area contributed by atoms with E-state index in [9.17, 15) is 49.5 Å². The highest BCUT2D eigenvalue weighted by atomic mass is 35.5. The van der Waals surface area contributed by atoms with E-state index in [-0.39, 0.29) is 161 Å². The van der Waals surface area contributed by atoms with Crippen LogP contribution in [0.25, 0.3) is 54.5 Å². The minimum absolute atomic E-state index is 0.0715. The number of terminal acetylenes is 1. The lowest BCUT2D eigenvalue weighted by atomic mass is 10.1. The fraction of sp³-hybridized carbons (Fsp3) is 0.523. The lowest BCUT2D eigenvalue weighted by Crippen LogP contribution is -2.46. The molecular formula is C88H100Cl10N16O11. The Bertz CT molecular complexity index is 5980. The molecule has 10 aromatic rings. The molecule has 37 heteroatoms. The molecule has 9 aliphatic rings. The van der Waals surface area contributed by atoms with Crippen LogP contribution in [0.3, 0.4) is 0 Å². The highest BCUT2D eigenvalue weighted by Gasteiger charge is 2.34. The zero-order valence-corrected chi connectivity index (χ0v) is 77.1. The number of likely N-dealkylation sites (N-methyl/N-ethyl adjacent to an activating group) is 1. The third-order valence-electron chi connectivity index (χ3n) is 24.5. The van der Waals surface area contributed by atoms with Crippen LogP contribution in [0.4, 0.5) is 0 Å². The number of halogens is 10. The Labute approximate surface area is 771 Å². The highest BCUT2D eigenvalue weighted by molar-refractivity contribution is 6.42. The van der Waals surface area contributed by atoms with Gasteiger partial charge in [-0.15, -0.1) is 6.42 Å². The van der Waals surface area contributed by atoms with Crippen molar-refractivity contribution in [2.24, 2.45) is 29.6 Å². The van der Waals surface area contributed by atoms with Gasteiger partial charge in [0, 0.05) is 72.0 Å². The summed E-state index contributed by atoms with van der Waals surface area (Å²) in [4.78, 5) is 102. The molecular weight excluding hydrogens is 1810 g/mol. The van der Waals surface area contributed by atoms with Gasteiger partial charge in [0.05, 0.1) is 130 Å². The van der Waals surface area contributed by atoms with Gasteiger partial charge in [-0.25, -0.2) is 24.9 Å². The number of piperidine rings is 1. The fourth-order valence-electron chi connectivity index (χ4n) is 16.4. The van der Waals surface area contributed by atoms with Gasteiger partial charge in [0.1, 0.15) is 56.7 Å². The molecule has 5 aromatic heterocycles. The smallest absolute Gasteiger partial charge is 0.263 e. The highest BCUT2D eigenvalue weighted by Crippen LogP contribution is 2.43. The number of nitrogens with zero attached hydrogens (tertiary/aromatic N) is 16. The Morgan fingerprint density at radius 3 is 0.840 bits per heavy atom. The molecule has 9 fully saturated rings. The molecule has 4 aliphatic heterocycles. The van der Waals surface area contributed by atoms with E-state index in [1.54, 1.807) is 22.8 Å². The molecule has 5 aromatic carbocycles. The largest absolute Gasteiger partial charge is 0.504 e. The Balaban J connectivity index is 0.000000121. The van der Waals surface area contributed by atoms with Crippen LogP contribution in [-0.2, 0) is 70.2 Å². The second kappa shape index (κ2) is 40.6. The summed E-state index contributed by atoms with van der Waals surface area (Å²) in [6.07, 6.45) is 22.6. The Hall–Kier alpha value is -7.02. The number of hydrogen-bond acceptors (Lipinski definition) is 22. The van der Waals surface area contributed by atoms with Crippen LogP contribution in [0.5, 0.6) is 28.7 Å². The lowest BCUT2D eigenvalue weighted by Gasteiger charge is -2.34. The predicted octanol–water partition coefficient (Wildman–Crippen LogP) is 15.7. The van der Waals surface area contributed by atoms with Crippen molar-refractivity contribution < 1.29 is 30.3 Å². The molecule has 5 aliphatic carbocycles. The van der Waals surface area contributed by atoms with Gasteiger partial charge < -0.3 is 35.2 Å². The van der Waals surface area contributed by atoms with Crippen LogP contribution in [-0.4, -0.2) is 201 Å². The first-order chi connectivity index (χ1) is 60.0. The predicted molar refractivity (Wildman–Crippen MR) is 494 cm³/mol. The third-order valence-corrected chi connectivity index (χ3v) is 27.5. The molecule has 0 radical (unpaired) electrons. The van der Waals surface area contributed by atoms with Gasteiger partial charge in [-0.2, -0.15) is 0 Å². The van der Waals surface area contributed by atoms with E-state index in [0.29, 0.717) is 144 Å². The molecule has 0 bridgehead atoms. The van der Waals surface area contributed by atoms with Gasteiger partial charge in [-0.1, -0.05) is 135 Å². The summed E-state index contributed by atoms with van der Waals surface area (Å²) >= 11 is 61.2. The van der Waals surface area contributed by atoms with Crippen molar-refractivity contribution in [3.05, 3.63) is 161 Å². The molecule has 5 saturated carbocycles. The van der Waals surface area contributed by atoms with Gasteiger partial charge in [0.2, 0.25) is 0 Å². The van der Waals surface area contributed by atoms with Crippen molar-refractivity contribution >= 4 is 171 Å². The Morgan fingerprint density at radius 2 is 0.584 bits per heavy atom. The molecule has 0 spiro atoms. The van der Waals surface area contributed by atoms with E-state index < -0.39 is 0 Å². The first kappa shape index (κ1) is 92.7. The second-order valence-corrected chi connectivity index (χ2v) is 38.4. The number of fused-ring (bicyclic) bond motifs is 5. The van der Waals surface area contributed by atoms with Crippen LogP contribution in [0.15, 0.2) is 54.3 Å². The van der Waals surface area contributed by atoms with E-state index >= 15 is 0 Å². The number of benzene rings is 5. The molecule has 0 atom stereocenters. The Kier molecular flexibility index (Phi) is 30.1. The quantitative estimate of drug-likeness (QED) is 0.0394. The lowest BCUT2D eigenvalue weighted by molar-refractivity contribution is 0.0324. The Morgan fingerprint density at radius 1 is 0.352 bits per heavy atom. The third kappa shape index (κ3) is 21.9. The molecule has 0 amide bonds. The monoisotopic (exact) mass is 1910 g/mol. The van der Waals surface area contributed by atoms with Gasteiger partial charge in [0.15, 0.2) is 28.7 Å². The van der Waals surface area contributed by atoms with Crippen molar-refractivity contribution in [2.75, 3.05) is 98.8 Å². The number of aromatic nitrogens is 10. The number of ether oxygens (including phenoxy) is 1. The van der Waals surface area contributed by atoms with Crippen molar-refractivity contribution in [3.63, 3.8) is 0 Å². The van der Waals surface area contributed by atoms with Crippen LogP contribution >= 0.6 is 116 Å². The molecule has 668 valence electrons. The number of likely N-dealkylation sites (tertiary alicyclic amines) is 2. The molecule has 9 heterocycles. The maximum Gasteiger partial charge on any atom is 0.263 e. The van der Waals surface area contributed by atoms with Crippen LogP contribution in [0.2, 0.25) is 50.2 Å². The average molecular weight is 1910 g/mol. The number of aromatic hydroxyl groups is 5. The molecule has 19 rings (SSSR count). The summed E-state index contributed by atoms with van der Waals surface area (Å²) in [5.74, 6) is 7.47. The molecule has 0 unspecified atom stereocenters. The van der Waals surface area contributed by atoms with Crippen molar-refractivity contribution in [1.29, 1.82) is 0 Å². The van der Waals surface area contributed by atoms with Crippen LogP contribution < -0.4 is 27.8 Å². The van der Waals surface area contributed by atoms with E-state index in [0.717, 1.165) is 136 Å². The van der Waals surface area contributed by atoms with Crippen LogP contribution in [0, 0.1) is 41.9 Å². The van der Waals surface area contributed by atoms with Gasteiger partial charge in [-0.05, 0) is 190 Å². The summed E-state index contributed by atoms with van der Waals surface area (Å²) in [7, 11) is 1.85. The first-order valence-corrected chi connectivity index (χ1v) is 46.6. The minimum Gasteiger partial charge on any atom is -0.504 e. The van der Waals surface area contributed by atoms with Crippen molar-refractivity contribution in [3.8, 4) is 41.1 Å². The summed E-state index contributed by atoms with van der Waals surface area (Å²) in [5.41, 5.74) is -0.0893. The van der Waals surface area contributed by atoms with E-state index in [4.69, 9.17) is 127 Å². The maximum absolute atomic E-state index is 13.2. The van der Waals surface area contributed by atoms with Gasteiger partial charge in [0.25, 0.3) is 27.8 Å². The van der Waals surface area contributed by atoms with E-state index in [1.165, 1.54) is 62.4 Å². The number of piperazine rings is 1. The topological polar surface area (TPSA) is 304 Å². The maximum atomic E-state index is 13.2. The van der Waals surface area contributed by atoms with Crippen molar-refractivity contribution in [2.45, 2.75) is 169 Å². The second-order valence-electron chi connectivity index (χ2n) is 34.3. The van der Waals surface area contributed by atoms with E-state index in [2.05, 4.69) is 62.3 Å². The van der Waals surface area contributed by atoms with Crippen LogP contribution in [0.1, 0.15) is 132 Å². The number of morpholine rings is 1. The molecule has 27 nitrogen and oxygen atoms in total. The number of hydrogen-bond donors (Lipinski definition) is 5. The number of rotatable bonds is 22. The number of phenolic OH excluding ortho intramolecular Hbond substituents is 5. The standard InChI is InChI=1S/C19H24Cl2N4O2.C18H21Cl2N3O2.C17H19Cl2N3O3.C17H19Cl2N3O2.C17H17Cl2N3O2/c1-2-23-5-7-24(8-6-23)11-15-22-17-16(13(20)9-14(21)18(17)26)19(27)25(15)10-12-3-4-12;19-12-8-13(20)17(24)16-15(12)18(25)23(9-11-4-5-11)14(21-16)10-22-6-2-1-3-7-22;18-11-7-12(19)16(23)15-14(11)17(24)22(8-10-1-2-10)13(20-15)9-21-3-5-25-6-4-21;18-11-7-12(19)16(23)15-14(11)17(24)22(8-10-3-4-10)13(20-15)9-21-5-1-2-6-21;1-3-6-21(2)9-13-20-15-14(11(18)7-12(19)16(15)23)17(24)22(13)8-10-4-5-10/h9,12,26H,2-8,10-11H2,1H3;8,11,24H,1-7,9-10H2;7,10,23H,1-6,8-9H2;7,10,23H,1-6,8-9H2;1,7,10,23H,4-6,8-9H2,2H3. The summed E-state index contributed by atoms with van der Waals surface area (Å²) in [5, 5.41) is 54.3. The summed E-state index contributed by atoms with van der Waals surface area (Å²) < 4.78 is 14.0. The molecule has 5 N–H and O–H groups in total.